The normalized spacial score (nSPS) is 10.9. The summed E-state index contributed by atoms with van der Waals surface area (Å²) < 4.78 is 11.5. The first kappa shape index (κ1) is 27.0. The van der Waals surface area contributed by atoms with Gasteiger partial charge in [0, 0.05) is 33.8 Å². The van der Waals surface area contributed by atoms with Gasteiger partial charge in [-0.3, -0.25) is 9.59 Å². The number of carbonyl (C=O) groups excluding carboxylic acids is 2. The molecule has 5 heteroatoms. The second-order valence-electron chi connectivity index (χ2n) is 8.80. The summed E-state index contributed by atoms with van der Waals surface area (Å²) in [4.78, 5) is 26.7. The Morgan fingerprint density at radius 2 is 1.03 bits per heavy atom. The van der Waals surface area contributed by atoms with Crippen LogP contribution < -0.4 is 9.47 Å². The van der Waals surface area contributed by atoms with Crippen LogP contribution in [0, 0.1) is 41.5 Å². The molecule has 33 heavy (non-hydrogen) atoms. The van der Waals surface area contributed by atoms with E-state index in [2.05, 4.69) is 27.7 Å². The van der Waals surface area contributed by atoms with Gasteiger partial charge in [0.25, 0.3) is 0 Å². The van der Waals surface area contributed by atoms with Crippen LogP contribution in [0.5, 0.6) is 11.5 Å². The van der Waals surface area contributed by atoms with Crippen molar-refractivity contribution >= 4 is 23.7 Å². The number of carbonyl (C=O) groups is 2. The monoisotopic (exact) mass is 470 g/mol. The number of unbranched alkanes of at least 4 members (excludes halogenated alkanes) is 2. The van der Waals surface area contributed by atoms with E-state index in [9.17, 15) is 9.59 Å². The number of hydrogen-bond donors (Lipinski definition) is 0. The molecule has 0 saturated heterocycles. The molecule has 2 aromatic rings. The van der Waals surface area contributed by atoms with E-state index in [1.54, 1.807) is 11.8 Å². The lowest BCUT2D eigenvalue weighted by atomic mass is 10.1. The molecule has 0 heterocycles. The van der Waals surface area contributed by atoms with Gasteiger partial charge in [0.15, 0.2) is 0 Å². The number of ether oxygens (including phenoxy) is 2. The molecular formula is C28H38O4S. The molecule has 0 spiro atoms. The van der Waals surface area contributed by atoms with Crippen LogP contribution in [0.3, 0.4) is 0 Å². The fourth-order valence-corrected chi connectivity index (χ4v) is 4.92. The molecule has 0 N–H and O–H groups in total. The number of aryl methyl sites for hydroxylation is 2. The van der Waals surface area contributed by atoms with Gasteiger partial charge in [-0.1, -0.05) is 38.5 Å². The lowest BCUT2D eigenvalue weighted by molar-refractivity contribution is -0.135. The number of rotatable bonds is 10. The van der Waals surface area contributed by atoms with Crippen LogP contribution in [0.1, 0.15) is 85.8 Å². The molecule has 0 bridgehead atoms. The highest BCUT2D eigenvalue weighted by Gasteiger charge is 2.20. The van der Waals surface area contributed by atoms with Crippen molar-refractivity contribution in [2.45, 2.75) is 104 Å². The molecule has 0 aliphatic rings. The summed E-state index contributed by atoms with van der Waals surface area (Å²) in [6.45, 7) is 16.4. The Bertz CT molecular complexity index is 942. The molecule has 0 radical (unpaired) electrons. The highest BCUT2D eigenvalue weighted by atomic mass is 32.2. The van der Waals surface area contributed by atoms with Crippen LogP contribution in [0.4, 0.5) is 0 Å². The fraction of sp³-hybridized carbons (Fsp3) is 0.500. The molecule has 4 nitrogen and oxygen atoms in total. The molecule has 0 aliphatic carbocycles. The largest absolute Gasteiger partial charge is 0.426 e. The molecular weight excluding hydrogens is 432 g/mol. The second-order valence-corrected chi connectivity index (χ2v) is 9.82. The lowest BCUT2D eigenvalue weighted by Crippen LogP contribution is -2.10. The third kappa shape index (κ3) is 6.86. The van der Waals surface area contributed by atoms with Gasteiger partial charge in [0.05, 0.1) is 0 Å². The van der Waals surface area contributed by atoms with Gasteiger partial charge in [0.2, 0.25) is 0 Å². The van der Waals surface area contributed by atoms with Gasteiger partial charge < -0.3 is 9.47 Å². The smallest absolute Gasteiger partial charge is 0.311 e. The highest BCUT2D eigenvalue weighted by molar-refractivity contribution is 7.99. The molecule has 2 rings (SSSR count). The molecule has 0 fully saturated rings. The SMILES string of the molecule is CCCCC(=O)Oc1cc(C)c(C)c(Sc2c(C)c(C)cc(OC(=O)CCCC)c2C)c1C. The third-order valence-electron chi connectivity index (χ3n) is 6.10. The zero-order valence-electron chi connectivity index (χ0n) is 21.4. The maximum atomic E-state index is 12.3. The number of benzene rings is 2. The van der Waals surface area contributed by atoms with Crippen molar-refractivity contribution in [2.24, 2.45) is 0 Å². The van der Waals surface area contributed by atoms with Crippen molar-refractivity contribution in [2.75, 3.05) is 0 Å². The molecule has 180 valence electrons. The minimum Gasteiger partial charge on any atom is -0.426 e. The first-order valence-electron chi connectivity index (χ1n) is 11.9. The molecule has 2 aromatic carbocycles. The number of hydrogen-bond acceptors (Lipinski definition) is 5. The topological polar surface area (TPSA) is 52.6 Å². The molecule has 0 saturated carbocycles. The van der Waals surface area contributed by atoms with Crippen molar-refractivity contribution < 1.29 is 19.1 Å². The average molecular weight is 471 g/mol. The van der Waals surface area contributed by atoms with Crippen molar-refractivity contribution in [1.29, 1.82) is 0 Å². The minimum atomic E-state index is -0.191. The van der Waals surface area contributed by atoms with E-state index in [1.165, 1.54) is 0 Å². The van der Waals surface area contributed by atoms with Crippen LogP contribution in [0.2, 0.25) is 0 Å². The first-order valence-corrected chi connectivity index (χ1v) is 12.7. The minimum absolute atomic E-state index is 0.191. The van der Waals surface area contributed by atoms with Crippen LogP contribution in [-0.2, 0) is 9.59 Å². The molecule has 0 aliphatic heterocycles. The zero-order valence-corrected chi connectivity index (χ0v) is 22.3. The van der Waals surface area contributed by atoms with Gasteiger partial charge in [-0.15, -0.1) is 0 Å². The van der Waals surface area contributed by atoms with E-state index < -0.39 is 0 Å². The third-order valence-corrected chi connectivity index (χ3v) is 7.73. The van der Waals surface area contributed by atoms with Gasteiger partial charge in [-0.25, -0.2) is 0 Å². The number of esters is 2. The Kier molecular flexibility index (Phi) is 10.0. The quantitative estimate of drug-likeness (QED) is 0.261. The van der Waals surface area contributed by atoms with Crippen LogP contribution in [-0.4, -0.2) is 11.9 Å². The summed E-state index contributed by atoms with van der Waals surface area (Å²) in [5.74, 6) is 0.860. The van der Waals surface area contributed by atoms with Crippen molar-refractivity contribution in [3.8, 4) is 11.5 Å². The Balaban J connectivity index is 2.45. The zero-order chi connectivity index (χ0) is 24.7. The summed E-state index contributed by atoms with van der Waals surface area (Å²) in [6.07, 6.45) is 4.42. The van der Waals surface area contributed by atoms with E-state index in [1.807, 2.05) is 39.8 Å². The summed E-state index contributed by atoms with van der Waals surface area (Å²) in [5, 5.41) is 0. The summed E-state index contributed by atoms with van der Waals surface area (Å²) in [6, 6.07) is 3.91. The lowest BCUT2D eigenvalue weighted by Gasteiger charge is -2.20. The van der Waals surface area contributed by atoms with Gasteiger partial charge in [-0.05, 0) is 88.8 Å². The van der Waals surface area contributed by atoms with E-state index in [4.69, 9.17) is 9.47 Å². The first-order chi connectivity index (χ1) is 15.6. The maximum Gasteiger partial charge on any atom is 0.311 e. The van der Waals surface area contributed by atoms with Crippen molar-refractivity contribution in [3.63, 3.8) is 0 Å². The van der Waals surface area contributed by atoms with E-state index in [0.717, 1.165) is 68.9 Å². The predicted molar refractivity (Wildman–Crippen MR) is 136 cm³/mol. The van der Waals surface area contributed by atoms with Gasteiger partial charge in [0.1, 0.15) is 11.5 Å². The van der Waals surface area contributed by atoms with Gasteiger partial charge in [-0.2, -0.15) is 0 Å². The Morgan fingerprint density at radius 1 is 0.667 bits per heavy atom. The van der Waals surface area contributed by atoms with Crippen molar-refractivity contribution in [1.82, 2.24) is 0 Å². The van der Waals surface area contributed by atoms with E-state index >= 15 is 0 Å². The van der Waals surface area contributed by atoms with E-state index in [-0.39, 0.29) is 11.9 Å². The average Bonchev–Trinajstić information content (AvgIpc) is 2.77. The van der Waals surface area contributed by atoms with Crippen LogP contribution >= 0.6 is 11.8 Å². The van der Waals surface area contributed by atoms with Crippen molar-refractivity contribution in [3.05, 3.63) is 45.5 Å². The molecule has 0 aromatic heterocycles. The summed E-state index contributed by atoms with van der Waals surface area (Å²) in [5.41, 5.74) is 6.39. The van der Waals surface area contributed by atoms with Gasteiger partial charge >= 0.3 is 11.9 Å². The predicted octanol–water partition coefficient (Wildman–Crippen LogP) is 7.88. The Labute approximate surface area is 203 Å². The Morgan fingerprint density at radius 3 is 1.36 bits per heavy atom. The standard InChI is InChI=1S/C28H38O4S/c1-9-11-13-25(29)31-23-15-17(3)19(5)27(21(23)7)33-28-20(6)18(4)16-24(22(28)8)32-26(30)14-12-10-2/h15-16H,9-14H2,1-8H3. The molecule has 0 atom stereocenters. The highest BCUT2D eigenvalue weighted by Crippen LogP contribution is 2.44. The second kappa shape index (κ2) is 12.3. The molecule has 0 unspecified atom stereocenters. The molecule has 0 amide bonds. The fourth-order valence-electron chi connectivity index (χ4n) is 3.58. The van der Waals surface area contributed by atoms with Crippen LogP contribution in [0.15, 0.2) is 21.9 Å². The van der Waals surface area contributed by atoms with Crippen LogP contribution in [0.25, 0.3) is 0 Å². The van der Waals surface area contributed by atoms with E-state index in [0.29, 0.717) is 24.3 Å². The summed E-state index contributed by atoms with van der Waals surface area (Å²) in [7, 11) is 0. The maximum absolute atomic E-state index is 12.3. The summed E-state index contributed by atoms with van der Waals surface area (Å²) >= 11 is 1.66. The Hall–Kier alpha value is -2.27.